The van der Waals surface area contributed by atoms with Gasteiger partial charge in [-0.25, -0.2) is 0 Å². The largest absolute Gasteiger partial charge is 0.475 e. The molecule has 1 heterocycles. The van der Waals surface area contributed by atoms with E-state index >= 15 is 0 Å². The van der Waals surface area contributed by atoms with Crippen molar-refractivity contribution in [1.29, 1.82) is 0 Å². The molecule has 1 aromatic rings. The van der Waals surface area contributed by atoms with Crippen molar-refractivity contribution >= 4 is 24.6 Å². The molecular formula is C21H32BN3O5. The van der Waals surface area contributed by atoms with Gasteiger partial charge >= 0.3 is 7.12 Å². The van der Waals surface area contributed by atoms with E-state index < -0.39 is 25.1 Å². The molecule has 2 rings (SSSR count). The highest BCUT2D eigenvalue weighted by atomic mass is 16.6. The first kappa shape index (κ1) is 23.9. The number of carbonyl (C=O) groups is 2. The molecule has 1 aromatic carbocycles. The molecule has 8 nitrogen and oxygen atoms in total. The van der Waals surface area contributed by atoms with Gasteiger partial charge in [-0.2, -0.15) is 0 Å². The summed E-state index contributed by atoms with van der Waals surface area (Å²) < 4.78 is 0. The topological polar surface area (TPSA) is 120 Å². The number of amides is 2. The van der Waals surface area contributed by atoms with Crippen molar-refractivity contribution in [1.82, 2.24) is 10.6 Å². The van der Waals surface area contributed by atoms with Crippen molar-refractivity contribution in [2.24, 2.45) is 17.0 Å². The van der Waals surface area contributed by atoms with Crippen molar-refractivity contribution in [2.45, 2.75) is 65.0 Å². The van der Waals surface area contributed by atoms with E-state index in [1.54, 1.807) is 24.3 Å². The van der Waals surface area contributed by atoms with Gasteiger partial charge in [0.1, 0.15) is 0 Å². The minimum absolute atomic E-state index is 0.178. The summed E-state index contributed by atoms with van der Waals surface area (Å²) in [7, 11) is -1.66. The molecule has 2 amide bonds. The van der Waals surface area contributed by atoms with Crippen LogP contribution in [0.15, 0.2) is 35.5 Å². The quantitative estimate of drug-likeness (QED) is 0.431. The Morgan fingerprint density at radius 2 is 1.73 bits per heavy atom. The van der Waals surface area contributed by atoms with Crippen LogP contribution in [-0.2, 0) is 9.63 Å². The molecule has 164 valence electrons. The second-order valence-electron chi connectivity index (χ2n) is 8.56. The first-order chi connectivity index (χ1) is 14.2. The summed E-state index contributed by atoms with van der Waals surface area (Å²) in [6.07, 6.45) is 0.443. The van der Waals surface area contributed by atoms with Gasteiger partial charge in [0.05, 0.1) is 17.7 Å². The Labute approximate surface area is 178 Å². The number of nitrogens with one attached hydrogen (secondary N) is 2. The zero-order valence-corrected chi connectivity index (χ0v) is 18.0. The molecular weight excluding hydrogens is 385 g/mol. The van der Waals surface area contributed by atoms with Gasteiger partial charge in [-0.1, -0.05) is 51.0 Å². The van der Waals surface area contributed by atoms with Crippen LogP contribution in [-0.4, -0.2) is 52.8 Å². The SMILES string of the molecule is CC(C)CC(NC(=O)C1CC(C(CC(C)C)NC(=O)c2ccccc2)=NO1)B(O)O. The van der Waals surface area contributed by atoms with Gasteiger partial charge in [-0.3, -0.25) is 9.59 Å². The Kier molecular flexibility index (Phi) is 8.86. The fourth-order valence-corrected chi connectivity index (χ4v) is 3.36. The Morgan fingerprint density at radius 1 is 1.10 bits per heavy atom. The van der Waals surface area contributed by atoms with E-state index in [0.717, 1.165) is 0 Å². The van der Waals surface area contributed by atoms with Crippen LogP contribution in [0.5, 0.6) is 0 Å². The maximum absolute atomic E-state index is 12.6. The number of benzene rings is 1. The number of hydrogen-bond donors (Lipinski definition) is 4. The van der Waals surface area contributed by atoms with Gasteiger partial charge in [-0.05, 0) is 36.8 Å². The van der Waals surface area contributed by atoms with Crippen LogP contribution < -0.4 is 10.6 Å². The number of rotatable bonds is 10. The van der Waals surface area contributed by atoms with E-state index in [9.17, 15) is 19.6 Å². The molecule has 0 bridgehead atoms. The second-order valence-corrected chi connectivity index (χ2v) is 8.56. The smallest absolute Gasteiger partial charge is 0.426 e. The van der Waals surface area contributed by atoms with E-state index in [1.807, 2.05) is 33.8 Å². The van der Waals surface area contributed by atoms with Crippen molar-refractivity contribution in [3.63, 3.8) is 0 Å². The number of nitrogens with zero attached hydrogens (tertiary/aromatic N) is 1. The second kappa shape index (κ2) is 11.1. The average Bonchev–Trinajstić information content (AvgIpc) is 3.17. The van der Waals surface area contributed by atoms with Crippen molar-refractivity contribution in [3.05, 3.63) is 35.9 Å². The highest BCUT2D eigenvalue weighted by Crippen LogP contribution is 2.19. The molecule has 0 saturated carbocycles. The Bertz CT molecular complexity index is 739. The Balaban J connectivity index is 2.01. The predicted molar refractivity (Wildman–Crippen MR) is 116 cm³/mol. The first-order valence-electron chi connectivity index (χ1n) is 10.4. The summed E-state index contributed by atoms with van der Waals surface area (Å²) in [5.41, 5.74) is 1.15. The third-order valence-corrected chi connectivity index (χ3v) is 4.85. The summed E-state index contributed by atoms with van der Waals surface area (Å²) in [5, 5.41) is 28.7. The molecule has 3 atom stereocenters. The average molecular weight is 417 g/mol. The lowest BCUT2D eigenvalue weighted by molar-refractivity contribution is -0.131. The molecule has 9 heteroatoms. The molecule has 0 spiro atoms. The van der Waals surface area contributed by atoms with E-state index in [2.05, 4.69) is 15.8 Å². The molecule has 0 saturated heterocycles. The lowest BCUT2D eigenvalue weighted by atomic mass is 9.75. The number of hydrogen-bond acceptors (Lipinski definition) is 6. The van der Waals surface area contributed by atoms with Crippen LogP contribution in [0.3, 0.4) is 0 Å². The normalized spacial score (nSPS) is 17.9. The van der Waals surface area contributed by atoms with E-state index in [1.165, 1.54) is 0 Å². The van der Waals surface area contributed by atoms with Crippen LogP contribution in [0.25, 0.3) is 0 Å². The fourth-order valence-electron chi connectivity index (χ4n) is 3.36. The van der Waals surface area contributed by atoms with Gasteiger partial charge in [0.2, 0.25) is 6.10 Å². The van der Waals surface area contributed by atoms with Crippen molar-refractivity contribution in [2.75, 3.05) is 0 Å². The van der Waals surface area contributed by atoms with Gasteiger partial charge < -0.3 is 25.5 Å². The lowest BCUT2D eigenvalue weighted by Gasteiger charge is -2.22. The summed E-state index contributed by atoms with van der Waals surface area (Å²) in [5.74, 6) is -0.976. The standard InChI is InChI=1S/C21H32BN3O5/c1-13(2)10-16(23-20(26)15-8-6-5-7-9-15)17-12-18(30-25-17)21(27)24-19(22(28)29)11-14(3)4/h5-9,13-14,16,18-19,28-29H,10-12H2,1-4H3,(H,23,26)(H,24,27). The maximum Gasteiger partial charge on any atom is 0.475 e. The van der Waals surface area contributed by atoms with E-state index in [-0.39, 0.29) is 24.3 Å². The predicted octanol–water partition coefficient (Wildman–Crippen LogP) is 1.52. The van der Waals surface area contributed by atoms with Gasteiger partial charge in [0.25, 0.3) is 11.8 Å². The number of oxime groups is 1. The molecule has 1 aliphatic heterocycles. The zero-order valence-electron chi connectivity index (χ0n) is 18.0. The maximum atomic E-state index is 12.6. The monoisotopic (exact) mass is 417 g/mol. The molecule has 0 aromatic heterocycles. The van der Waals surface area contributed by atoms with E-state index in [0.29, 0.717) is 30.0 Å². The summed E-state index contributed by atoms with van der Waals surface area (Å²) in [6, 6.07) is 8.56. The third kappa shape index (κ3) is 7.14. The summed E-state index contributed by atoms with van der Waals surface area (Å²) in [6.45, 7) is 7.95. The van der Waals surface area contributed by atoms with Crippen molar-refractivity contribution < 1.29 is 24.5 Å². The first-order valence-corrected chi connectivity index (χ1v) is 10.4. The minimum Gasteiger partial charge on any atom is -0.426 e. The Hall–Kier alpha value is -2.39. The van der Waals surface area contributed by atoms with Crippen LogP contribution in [0.1, 0.15) is 57.3 Å². The third-order valence-electron chi connectivity index (χ3n) is 4.85. The van der Waals surface area contributed by atoms with Gasteiger partial charge in [0, 0.05) is 12.0 Å². The van der Waals surface area contributed by atoms with Gasteiger partial charge in [0.15, 0.2) is 0 Å². The van der Waals surface area contributed by atoms with Crippen LogP contribution >= 0.6 is 0 Å². The molecule has 0 aliphatic carbocycles. The molecule has 4 N–H and O–H groups in total. The molecule has 0 radical (unpaired) electrons. The highest BCUT2D eigenvalue weighted by molar-refractivity contribution is 6.43. The zero-order chi connectivity index (χ0) is 22.3. The molecule has 0 fully saturated rings. The Morgan fingerprint density at radius 3 is 2.30 bits per heavy atom. The highest BCUT2D eigenvalue weighted by Gasteiger charge is 2.36. The minimum atomic E-state index is -1.66. The molecule has 3 unspecified atom stereocenters. The molecule has 1 aliphatic rings. The van der Waals surface area contributed by atoms with Crippen LogP contribution in [0, 0.1) is 11.8 Å². The summed E-state index contributed by atoms with van der Waals surface area (Å²) >= 11 is 0. The van der Waals surface area contributed by atoms with Crippen LogP contribution in [0.4, 0.5) is 0 Å². The van der Waals surface area contributed by atoms with E-state index in [4.69, 9.17) is 4.84 Å². The summed E-state index contributed by atoms with van der Waals surface area (Å²) in [4.78, 5) is 30.5. The fraction of sp³-hybridized carbons (Fsp3) is 0.571. The van der Waals surface area contributed by atoms with Crippen molar-refractivity contribution in [3.8, 4) is 0 Å². The lowest BCUT2D eigenvalue weighted by Crippen LogP contribution is -2.50. The molecule has 30 heavy (non-hydrogen) atoms. The number of carbonyl (C=O) groups excluding carboxylic acids is 2. The van der Waals surface area contributed by atoms with Gasteiger partial charge in [-0.15, -0.1) is 0 Å². The van der Waals surface area contributed by atoms with Crippen LogP contribution in [0.2, 0.25) is 0 Å².